The number of benzene rings is 1. The van der Waals surface area contributed by atoms with Crippen molar-refractivity contribution in [3.05, 3.63) is 29.8 Å². The van der Waals surface area contributed by atoms with Gasteiger partial charge in [0.25, 0.3) is 0 Å². The number of ether oxygens (including phenoxy) is 1. The molecule has 0 aliphatic heterocycles. The van der Waals surface area contributed by atoms with Crippen molar-refractivity contribution >= 4 is 0 Å². The second-order valence-electron chi connectivity index (χ2n) is 2.26. The van der Waals surface area contributed by atoms with Crippen LogP contribution in [0.4, 0.5) is 0 Å². The molecular weight excluding hydrogens is 152 g/mol. The van der Waals surface area contributed by atoms with Crippen LogP contribution in [0.2, 0.25) is 0 Å². The first-order valence-electron chi connectivity index (χ1n) is 3.65. The highest BCUT2D eigenvalue weighted by atomic mass is 16.5. The molecule has 1 rings (SSSR count). The third-order valence-corrected chi connectivity index (χ3v) is 1.38. The Labute approximate surface area is 71.8 Å². The molecule has 62 valence electrons. The summed E-state index contributed by atoms with van der Waals surface area (Å²) >= 11 is 0. The van der Waals surface area contributed by atoms with Crippen molar-refractivity contribution in [2.75, 3.05) is 0 Å². The zero-order valence-corrected chi connectivity index (χ0v) is 6.87. The molecule has 0 fully saturated rings. The maximum Gasteiger partial charge on any atom is 0.140 e. The molecule has 2 nitrogen and oxygen atoms in total. The summed E-state index contributed by atoms with van der Waals surface area (Å²) in [6, 6.07) is 7.14. The van der Waals surface area contributed by atoms with Crippen molar-refractivity contribution in [3.63, 3.8) is 0 Å². The number of aliphatic hydroxyl groups excluding tert-OH is 1. The standard InChI is InChI=1S/C10H10O2/c1-2-7-12-10-5-3-9(8-11)4-6-10/h3-6,11H,8H2,1H3. The van der Waals surface area contributed by atoms with Gasteiger partial charge in [-0.3, -0.25) is 0 Å². The van der Waals surface area contributed by atoms with Crippen LogP contribution in [-0.4, -0.2) is 5.11 Å². The highest BCUT2D eigenvalue weighted by molar-refractivity contribution is 5.27. The summed E-state index contributed by atoms with van der Waals surface area (Å²) < 4.78 is 5.01. The normalized spacial score (nSPS) is 8.50. The minimum atomic E-state index is 0.0553. The molecule has 12 heavy (non-hydrogen) atoms. The van der Waals surface area contributed by atoms with Gasteiger partial charge in [0.15, 0.2) is 0 Å². The fourth-order valence-corrected chi connectivity index (χ4v) is 0.773. The van der Waals surface area contributed by atoms with Crippen molar-refractivity contribution in [3.8, 4) is 17.8 Å². The first-order valence-corrected chi connectivity index (χ1v) is 3.65. The van der Waals surface area contributed by atoms with Crippen LogP contribution in [0, 0.1) is 12.0 Å². The largest absolute Gasteiger partial charge is 0.408 e. The average Bonchev–Trinajstić information content (AvgIpc) is 2.15. The molecule has 2 heteroatoms. The van der Waals surface area contributed by atoms with E-state index < -0.39 is 0 Å². The van der Waals surface area contributed by atoms with Gasteiger partial charge >= 0.3 is 0 Å². The minimum absolute atomic E-state index is 0.0553. The average molecular weight is 162 g/mol. The van der Waals surface area contributed by atoms with Gasteiger partial charge in [-0.15, -0.1) is 0 Å². The number of hydrogen-bond acceptors (Lipinski definition) is 2. The monoisotopic (exact) mass is 162 g/mol. The second-order valence-corrected chi connectivity index (χ2v) is 2.26. The van der Waals surface area contributed by atoms with Crippen LogP contribution in [0.3, 0.4) is 0 Å². The van der Waals surface area contributed by atoms with Gasteiger partial charge in [0, 0.05) is 6.92 Å². The molecule has 1 aromatic carbocycles. The molecule has 0 spiro atoms. The molecule has 0 unspecified atom stereocenters. The summed E-state index contributed by atoms with van der Waals surface area (Å²) in [6.07, 6.45) is 2.49. The van der Waals surface area contributed by atoms with E-state index in [-0.39, 0.29) is 6.61 Å². The Hall–Kier alpha value is -1.46. The maximum atomic E-state index is 8.74. The van der Waals surface area contributed by atoms with E-state index in [4.69, 9.17) is 9.84 Å². The van der Waals surface area contributed by atoms with Gasteiger partial charge in [-0.25, -0.2) is 0 Å². The van der Waals surface area contributed by atoms with Gasteiger partial charge in [0.2, 0.25) is 0 Å². The molecule has 1 N–H and O–H groups in total. The summed E-state index contributed by atoms with van der Waals surface area (Å²) in [5, 5.41) is 8.74. The lowest BCUT2D eigenvalue weighted by molar-refractivity contribution is 0.281. The van der Waals surface area contributed by atoms with Crippen LogP contribution >= 0.6 is 0 Å². The van der Waals surface area contributed by atoms with Crippen LogP contribution in [-0.2, 0) is 6.61 Å². The Morgan fingerprint density at radius 3 is 2.50 bits per heavy atom. The van der Waals surface area contributed by atoms with Crippen molar-refractivity contribution in [2.45, 2.75) is 13.5 Å². The molecule has 0 bridgehead atoms. The van der Waals surface area contributed by atoms with Crippen molar-refractivity contribution in [2.24, 2.45) is 0 Å². The zero-order chi connectivity index (χ0) is 8.81. The maximum absolute atomic E-state index is 8.74. The van der Waals surface area contributed by atoms with E-state index in [1.807, 2.05) is 0 Å². The lowest BCUT2D eigenvalue weighted by Crippen LogP contribution is -1.84. The molecule has 0 saturated carbocycles. The van der Waals surface area contributed by atoms with Crippen LogP contribution in [0.25, 0.3) is 0 Å². The lowest BCUT2D eigenvalue weighted by Gasteiger charge is -1.97. The van der Waals surface area contributed by atoms with Gasteiger partial charge in [-0.2, -0.15) is 0 Å². The zero-order valence-electron chi connectivity index (χ0n) is 6.87. The molecule has 0 aromatic heterocycles. The predicted molar refractivity (Wildman–Crippen MR) is 46.4 cm³/mol. The highest BCUT2D eigenvalue weighted by Crippen LogP contribution is 2.11. The van der Waals surface area contributed by atoms with Crippen LogP contribution in [0.1, 0.15) is 12.5 Å². The fourth-order valence-electron chi connectivity index (χ4n) is 0.773. The van der Waals surface area contributed by atoms with Crippen LogP contribution in [0.5, 0.6) is 5.75 Å². The molecule has 0 heterocycles. The quantitative estimate of drug-likeness (QED) is 0.668. The first-order chi connectivity index (χ1) is 5.86. The summed E-state index contributed by atoms with van der Waals surface area (Å²) in [7, 11) is 0. The van der Waals surface area contributed by atoms with Gasteiger partial charge in [0.05, 0.1) is 6.61 Å². The van der Waals surface area contributed by atoms with E-state index >= 15 is 0 Å². The SMILES string of the molecule is CC#COc1ccc(CO)cc1. The van der Waals surface area contributed by atoms with E-state index in [1.54, 1.807) is 31.2 Å². The topological polar surface area (TPSA) is 29.5 Å². The van der Waals surface area contributed by atoms with E-state index in [0.717, 1.165) is 5.56 Å². The van der Waals surface area contributed by atoms with E-state index in [0.29, 0.717) is 5.75 Å². The molecule has 0 amide bonds. The van der Waals surface area contributed by atoms with Crippen molar-refractivity contribution < 1.29 is 9.84 Å². The molecule has 0 atom stereocenters. The Morgan fingerprint density at radius 2 is 2.00 bits per heavy atom. The van der Waals surface area contributed by atoms with Gasteiger partial charge in [-0.05, 0) is 17.7 Å². The number of hydrogen-bond donors (Lipinski definition) is 1. The summed E-state index contributed by atoms with van der Waals surface area (Å²) in [4.78, 5) is 0. The minimum Gasteiger partial charge on any atom is -0.408 e. The summed E-state index contributed by atoms with van der Waals surface area (Å²) in [5.41, 5.74) is 0.867. The van der Waals surface area contributed by atoms with Crippen LogP contribution in [0.15, 0.2) is 24.3 Å². The summed E-state index contributed by atoms with van der Waals surface area (Å²) in [5.74, 6) is 3.32. The Kier molecular flexibility index (Phi) is 3.18. The van der Waals surface area contributed by atoms with E-state index in [1.165, 1.54) is 0 Å². The first kappa shape index (κ1) is 8.63. The van der Waals surface area contributed by atoms with Gasteiger partial charge in [-0.1, -0.05) is 18.1 Å². The molecule has 0 aliphatic rings. The van der Waals surface area contributed by atoms with Gasteiger partial charge in [0.1, 0.15) is 11.9 Å². The Bertz CT molecular complexity index is 290. The van der Waals surface area contributed by atoms with Gasteiger partial charge < -0.3 is 9.84 Å². The second kappa shape index (κ2) is 4.42. The molecule has 0 radical (unpaired) electrons. The molecular formula is C10H10O2. The molecule has 1 aromatic rings. The molecule has 0 saturated heterocycles. The number of aliphatic hydroxyl groups is 1. The van der Waals surface area contributed by atoms with Crippen LogP contribution < -0.4 is 4.74 Å². The Balaban J connectivity index is 2.69. The van der Waals surface area contributed by atoms with E-state index in [2.05, 4.69) is 12.0 Å². The Morgan fingerprint density at radius 1 is 1.33 bits per heavy atom. The fraction of sp³-hybridized carbons (Fsp3) is 0.200. The highest BCUT2D eigenvalue weighted by Gasteiger charge is 1.91. The third kappa shape index (κ3) is 2.30. The summed E-state index contributed by atoms with van der Waals surface area (Å²) in [6.45, 7) is 1.77. The third-order valence-electron chi connectivity index (χ3n) is 1.38. The van der Waals surface area contributed by atoms with Crippen molar-refractivity contribution in [1.82, 2.24) is 0 Å². The number of rotatable bonds is 2. The van der Waals surface area contributed by atoms with E-state index in [9.17, 15) is 0 Å². The van der Waals surface area contributed by atoms with Crippen molar-refractivity contribution in [1.29, 1.82) is 0 Å². The predicted octanol–water partition coefficient (Wildman–Crippen LogP) is 1.54. The lowest BCUT2D eigenvalue weighted by atomic mass is 10.2. The smallest absolute Gasteiger partial charge is 0.140 e. The molecule has 0 aliphatic carbocycles.